The van der Waals surface area contributed by atoms with Crippen LogP contribution >= 0.6 is 0 Å². The first-order chi connectivity index (χ1) is 9.79. The minimum atomic E-state index is -0.0532. The molecule has 0 aromatic carbocycles. The van der Waals surface area contributed by atoms with Crippen molar-refractivity contribution < 1.29 is 4.79 Å². The Bertz CT molecular complexity index is 562. The Balaban J connectivity index is 0.000000151. The number of nitrogens with one attached hydrogen (secondary N) is 1. The van der Waals surface area contributed by atoms with Crippen LogP contribution in [-0.2, 0) is 4.79 Å². The monoisotopic (exact) mass is 270 g/mol. The number of rotatable bonds is 0. The first-order valence-electron chi connectivity index (χ1n) is 5.84. The number of aromatic nitrogens is 3. The lowest BCUT2D eigenvalue weighted by Crippen LogP contribution is -1.98. The van der Waals surface area contributed by atoms with Gasteiger partial charge in [-0.2, -0.15) is 0 Å². The van der Waals surface area contributed by atoms with Gasteiger partial charge in [0.2, 0.25) is 5.56 Å². The van der Waals surface area contributed by atoms with Gasteiger partial charge in [-0.1, -0.05) is 6.07 Å². The minimum absolute atomic E-state index is 0.0532. The smallest absolute Gasteiger partial charge is 0.247 e. The van der Waals surface area contributed by atoms with Gasteiger partial charge in [0.25, 0.3) is 0 Å². The molecule has 0 amide bonds. The molecule has 1 aliphatic heterocycles. The van der Waals surface area contributed by atoms with E-state index in [9.17, 15) is 9.59 Å². The Morgan fingerprint density at radius 1 is 1.05 bits per heavy atom. The molecule has 2 aromatic rings. The molecule has 0 fully saturated rings. The van der Waals surface area contributed by atoms with Gasteiger partial charge < -0.3 is 4.98 Å². The molecule has 20 heavy (non-hydrogen) atoms. The Morgan fingerprint density at radius 3 is 2.10 bits per heavy atom. The molecule has 2 aromatic heterocycles. The van der Waals surface area contributed by atoms with E-state index in [-0.39, 0.29) is 11.3 Å². The fraction of sp³-hybridized carbons (Fsp3) is 0.0714. The maximum Gasteiger partial charge on any atom is 0.247 e. The highest BCUT2D eigenvalue weighted by molar-refractivity contribution is 6.00. The van der Waals surface area contributed by atoms with E-state index in [4.69, 9.17) is 0 Å². The summed E-state index contributed by atoms with van der Waals surface area (Å²) in [6.07, 6.45) is 11.5. The number of H-pyrrole nitrogens is 1. The molecule has 1 aliphatic rings. The predicted molar refractivity (Wildman–Crippen MR) is 76.4 cm³/mol. The van der Waals surface area contributed by atoms with Crippen LogP contribution in [0.3, 0.4) is 0 Å². The summed E-state index contributed by atoms with van der Waals surface area (Å²) in [5, 5.41) is 0. The summed E-state index contributed by atoms with van der Waals surface area (Å²) in [5.41, 5.74) is -0.0532. The van der Waals surface area contributed by atoms with Crippen molar-refractivity contribution >= 4 is 12.0 Å². The van der Waals surface area contributed by atoms with Crippen molar-refractivity contribution in [1.82, 2.24) is 15.0 Å². The number of ketones is 1. The standard InChI is InChI=1S/2C5H5NO.C4H4N2/c7-5-1-3-6-4-2-5;7-5-3-1-2-4-6-5;1-2-5-4-6-3-1/h1,3-4H,2H2;1-4H,(H,6,7);1-4H. The summed E-state index contributed by atoms with van der Waals surface area (Å²) in [7, 11) is 0. The number of allylic oxidation sites excluding steroid dienone is 1. The van der Waals surface area contributed by atoms with E-state index in [2.05, 4.69) is 19.9 Å². The molecule has 1 N–H and O–H groups in total. The second-order valence-electron chi connectivity index (χ2n) is 3.45. The van der Waals surface area contributed by atoms with Gasteiger partial charge >= 0.3 is 0 Å². The number of pyridine rings is 1. The number of nitrogens with zero attached hydrogens (tertiary/aromatic N) is 3. The maximum absolute atomic E-state index is 10.3. The Hall–Kier alpha value is -2.89. The van der Waals surface area contributed by atoms with Crippen molar-refractivity contribution in [3.8, 4) is 0 Å². The van der Waals surface area contributed by atoms with E-state index in [1.165, 1.54) is 24.7 Å². The van der Waals surface area contributed by atoms with E-state index >= 15 is 0 Å². The molecule has 6 heteroatoms. The van der Waals surface area contributed by atoms with Gasteiger partial charge in [-0.25, -0.2) is 9.97 Å². The number of hydrogen-bond donors (Lipinski definition) is 1. The third-order valence-electron chi connectivity index (χ3n) is 1.90. The lowest BCUT2D eigenvalue weighted by molar-refractivity contribution is -0.113. The number of aliphatic imine (C=N–C) groups is 1. The van der Waals surface area contributed by atoms with Crippen LogP contribution in [0.2, 0.25) is 0 Å². The Morgan fingerprint density at radius 2 is 1.85 bits per heavy atom. The van der Waals surface area contributed by atoms with Gasteiger partial charge in [-0.05, 0) is 18.2 Å². The van der Waals surface area contributed by atoms with Gasteiger partial charge in [0.15, 0.2) is 5.78 Å². The SMILES string of the molecule is O=C1C=CN=CC1.O=c1cccc[nH]1.c1cncnc1. The van der Waals surface area contributed by atoms with Crippen LogP contribution in [0.25, 0.3) is 0 Å². The average molecular weight is 270 g/mol. The quantitative estimate of drug-likeness (QED) is 0.783. The molecule has 0 saturated heterocycles. The van der Waals surface area contributed by atoms with Crippen LogP contribution in [0.4, 0.5) is 0 Å². The van der Waals surface area contributed by atoms with E-state index in [0.29, 0.717) is 6.42 Å². The van der Waals surface area contributed by atoms with Crippen LogP contribution in [0.5, 0.6) is 0 Å². The van der Waals surface area contributed by atoms with Crippen LogP contribution < -0.4 is 5.56 Å². The number of carbonyl (C=O) groups is 1. The summed E-state index contributed by atoms with van der Waals surface area (Å²) < 4.78 is 0. The lowest BCUT2D eigenvalue weighted by Gasteiger charge is -1.88. The summed E-state index contributed by atoms with van der Waals surface area (Å²) >= 11 is 0. The van der Waals surface area contributed by atoms with Gasteiger partial charge in [0.05, 0.1) is 0 Å². The largest absolute Gasteiger partial charge is 0.329 e. The molecule has 3 heterocycles. The van der Waals surface area contributed by atoms with Gasteiger partial charge in [0, 0.05) is 43.5 Å². The molecule has 0 aliphatic carbocycles. The van der Waals surface area contributed by atoms with Crippen molar-refractivity contribution in [2.45, 2.75) is 6.42 Å². The molecule has 0 bridgehead atoms. The van der Waals surface area contributed by atoms with Crippen molar-refractivity contribution in [2.24, 2.45) is 4.99 Å². The zero-order valence-corrected chi connectivity index (χ0v) is 10.7. The van der Waals surface area contributed by atoms with Crippen molar-refractivity contribution in [3.05, 3.63) is 71.8 Å². The summed E-state index contributed by atoms with van der Waals surface area (Å²) in [6.45, 7) is 0. The lowest BCUT2D eigenvalue weighted by atomic mass is 10.3. The van der Waals surface area contributed by atoms with Gasteiger partial charge in [-0.3, -0.25) is 14.6 Å². The Labute approximate surface area is 116 Å². The third-order valence-corrected chi connectivity index (χ3v) is 1.90. The highest BCUT2D eigenvalue weighted by Gasteiger charge is 1.93. The summed E-state index contributed by atoms with van der Waals surface area (Å²) in [5.74, 6) is 0.134. The van der Waals surface area contributed by atoms with Crippen LogP contribution in [0.1, 0.15) is 6.42 Å². The fourth-order valence-electron chi connectivity index (χ4n) is 1.03. The first-order valence-corrected chi connectivity index (χ1v) is 5.84. The molecular weight excluding hydrogens is 256 g/mol. The average Bonchev–Trinajstić information content (AvgIpc) is 2.52. The third kappa shape index (κ3) is 8.24. The molecule has 0 atom stereocenters. The topological polar surface area (TPSA) is 88.1 Å². The number of aromatic amines is 1. The van der Waals surface area contributed by atoms with E-state index in [1.807, 2.05) is 0 Å². The van der Waals surface area contributed by atoms with Crippen LogP contribution in [-0.4, -0.2) is 26.9 Å². The number of carbonyl (C=O) groups excluding carboxylic acids is 1. The molecular formula is C14H14N4O2. The molecule has 0 unspecified atom stereocenters. The normalized spacial score (nSPS) is 11.7. The zero-order valence-electron chi connectivity index (χ0n) is 10.7. The van der Waals surface area contributed by atoms with Gasteiger partial charge in [-0.15, -0.1) is 0 Å². The summed E-state index contributed by atoms with van der Waals surface area (Å²) in [4.78, 5) is 34.0. The molecule has 0 spiro atoms. The molecule has 6 nitrogen and oxygen atoms in total. The van der Waals surface area contributed by atoms with Crippen LogP contribution in [0, 0.1) is 0 Å². The highest BCUT2D eigenvalue weighted by atomic mass is 16.1. The highest BCUT2D eigenvalue weighted by Crippen LogP contribution is 1.88. The molecule has 3 rings (SSSR count). The second-order valence-corrected chi connectivity index (χ2v) is 3.45. The zero-order chi connectivity index (χ0) is 14.5. The molecule has 0 saturated carbocycles. The van der Waals surface area contributed by atoms with E-state index < -0.39 is 0 Å². The van der Waals surface area contributed by atoms with Gasteiger partial charge in [0.1, 0.15) is 6.33 Å². The molecule has 0 radical (unpaired) electrons. The van der Waals surface area contributed by atoms with Crippen molar-refractivity contribution in [3.63, 3.8) is 0 Å². The van der Waals surface area contributed by atoms with E-state index in [1.54, 1.807) is 43.0 Å². The second kappa shape index (κ2) is 10.1. The fourth-order valence-corrected chi connectivity index (χ4v) is 1.03. The van der Waals surface area contributed by atoms with Crippen LogP contribution in [0.15, 0.2) is 71.2 Å². The molecule has 102 valence electrons. The summed E-state index contributed by atoms with van der Waals surface area (Å²) in [6, 6.07) is 6.71. The van der Waals surface area contributed by atoms with Crippen molar-refractivity contribution in [1.29, 1.82) is 0 Å². The predicted octanol–water partition coefficient (Wildman–Crippen LogP) is 1.40. The minimum Gasteiger partial charge on any atom is -0.329 e. The van der Waals surface area contributed by atoms with Crippen molar-refractivity contribution in [2.75, 3.05) is 0 Å². The Kier molecular flexibility index (Phi) is 7.64. The maximum atomic E-state index is 10.3. The van der Waals surface area contributed by atoms with E-state index in [0.717, 1.165) is 0 Å². The first kappa shape index (κ1) is 15.2. The number of hydrogen-bond acceptors (Lipinski definition) is 5.